The minimum Gasteiger partial charge on any atom is -0.368 e. The van der Waals surface area contributed by atoms with E-state index in [0.29, 0.717) is 5.92 Å². The molecule has 0 unspecified atom stereocenters. The van der Waals surface area contributed by atoms with Gasteiger partial charge in [-0.3, -0.25) is 9.69 Å². The summed E-state index contributed by atoms with van der Waals surface area (Å²) in [4.78, 5) is 14.2. The highest BCUT2D eigenvalue weighted by atomic mass is 16.1. The summed E-state index contributed by atoms with van der Waals surface area (Å²) in [7, 11) is 0. The number of primary amides is 1. The number of hydrogen-bond acceptors (Lipinski definition) is 2. The van der Waals surface area contributed by atoms with Gasteiger partial charge in [0, 0.05) is 13.1 Å². The van der Waals surface area contributed by atoms with E-state index in [0.717, 1.165) is 19.5 Å². The van der Waals surface area contributed by atoms with Crippen LogP contribution in [0.15, 0.2) is 60.7 Å². The number of nitrogens with zero attached hydrogens (tertiary/aromatic N) is 1. The predicted octanol–water partition coefficient (Wildman–Crippen LogP) is 3.59. The van der Waals surface area contributed by atoms with Crippen molar-refractivity contribution in [2.24, 2.45) is 11.7 Å². The molecule has 0 spiro atoms. The fraction of sp³-hybridized carbons (Fsp3) is 0.350. The summed E-state index contributed by atoms with van der Waals surface area (Å²) in [5.41, 5.74) is 8.10. The molecule has 2 rings (SSSR count). The van der Waals surface area contributed by atoms with Gasteiger partial charge in [0.25, 0.3) is 0 Å². The Hall–Kier alpha value is -2.13. The summed E-state index contributed by atoms with van der Waals surface area (Å²) >= 11 is 0. The van der Waals surface area contributed by atoms with E-state index in [9.17, 15) is 4.79 Å². The Bertz CT molecular complexity index is 554. The second kappa shape index (κ2) is 8.49. The van der Waals surface area contributed by atoms with Crippen LogP contribution in [0.3, 0.4) is 0 Å². The molecule has 0 aliphatic carbocycles. The molecule has 0 heterocycles. The Morgan fingerprint density at radius 2 is 1.35 bits per heavy atom. The highest BCUT2D eigenvalue weighted by molar-refractivity contribution is 5.79. The Morgan fingerprint density at radius 3 is 1.70 bits per heavy atom. The number of rotatable bonds is 8. The van der Waals surface area contributed by atoms with E-state index in [1.54, 1.807) is 0 Å². The Kier molecular flexibility index (Phi) is 6.36. The van der Waals surface area contributed by atoms with E-state index in [2.05, 4.69) is 43.0 Å². The topological polar surface area (TPSA) is 46.3 Å². The molecule has 0 aromatic heterocycles. The van der Waals surface area contributed by atoms with Crippen molar-refractivity contribution >= 4 is 5.91 Å². The summed E-state index contributed by atoms with van der Waals surface area (Å²) in [5, 5.41) is 0. The molecule has 2 aromatic carbocycles. The standard InChI is InChI=1S/C20H26N2O/c1-16(2)13-19(20(21)23)22(14-17-9-5-3-6-10-17)15-18-11-7-4-8-12-18/h3-12,16,19H,13-15H2,1-2H3,(H2,21,23)/t19-/m1/s1. The normalized spacial score (nSPS) is 12.5. The van der Waals surface area contributed by atoms with E-state index in [1.807, 2.05) is 36.4 Å². The molecule has 3 nitrogen and oxygen atoms in total. The van der Waals surface area contributed by atoms with Crippen molar-refractivity contribution in [2.45, 2.75) is 39.4 Å². The van der Waals surface area contributed by atoms with Gasteiger partial charge < -0.3 is 5.73 Å². The van der Waals surface area contributed by atoms with Crippen molar-refractivity contribution in [1.82, 2.24) is 4.90 Å². The maximum Gasteiger partial charge on any atom is 0.234 e. The molecule has 0 saturated heterocycles. The molecule has 2 aromatic rings. The van der Waals surface area contributed by atoms with Crippen molar-refractivity contribution in [3.8, 4) is 0 Å². The van der Waals surface area contributed by atoms with Crippen LogP contribution in [0.1, 0.15) is 31.4 Å². The second-order valence-electron chi connectivity index (χ2n) is 6.42. The maximum absolute atomic E-state index is 12.0. The van der Waals surface area contributed by atoms with Crippen LogP contribution in [-0.2, 0) is 17.9 Å². The Labute approximate surface area is 139 Å². The smallest absolute Gasteiger partial charge is 0.234 e. The summed E-state index contributed by atoms with van der Waals surface area (Å²) in [5.74, 6) is 0.173. The fourth-order valence-electron chi connectivity index (χ4n) is 2.80. The van der Waals surface area contributed by atoms with Gasteiger partial charge in [-0.1, -0.05) is 74.5 Å². The third kappa shape index (κ3) is 5.53. The second-order valence-corrected chi connectivity index (χ2v) is 6.42. The molecule has 122 valence electrons. The first kappa shape index (κ1) is 17.2. The third-order valence-corrected chi connectivity index (χ3v) is 3.92. The lowest BCUT2D eigenvalue weighted by molar-refractivity contribution is -0.124. The number of carbonyl (C=O) groups is 1. The van der Waals surface area contributed by atoms with Gasteiger partial charge in [0.15, 0.2) is 0 Å². The van der Waals surface area contributed by atoms with E-state index >= 15 is 0 Å². The lowest BCUT2D eigenvalue weighted by Crippen LogP contribution is -2.44. The molecule has 0 radical (unpaired) electrons. The molecule has 0 aliphatic rings. The quantitative estimate of drug-likeness (QED) is 0.810. The minimum atomic E-state index is -0.254. The molecule has 23 heavy (non-hydrogen) atoms. The number of carbonyl (C=O) groups excluding carboxylic acids is 1. The van der Waals surface area contributed by atoms with Crippen molar-refractivity contribution in [3.05, 3.63) is 71.8 Å². The van der Waals surface area contributed by atoms with Crippen molar-refractivity contribution in [3.63, 3.8) is 0 Å². The fourth-order valence-corrected chi connectivity index (χ4v) is 2.80. The van der Waals surface area contributed by atoms with Crippen molar-refractivity contribution in [2.75, 3.05) is 0 Å². The zero-order chi connectivity index (χ0) is 16.7. The van der Waals surface area contributed by atoms with Crippen LogP contribution in [0.5, 0.6) is 0 Å². The lowest BCUT2D eigenvalue weighted by atomic mass is 10.00. The first-order valence-electron chi connectivity index (χ1n) is 8.17. The lowest BCUT2D eigenvalue weighted by Gasteiger charge is -2.31. The van der Waals surface area contributed by atoms with Gasteiger partial charge >= 0.3 is 0 Å². The summed E-state index contributed by atoms with van der Waals surface area (Å²) < 4.78 is 0. The van der Waals surface area contributed by atoms with Gasteiger partial charge in [0.2, 0.25) is 5.91 Å². The zero-order valence-corrected chi connectivity index (χ0v) is 14.0. The molecular formula is C20H26N2O. The molecule has 1 atom stereocenters. The van der Waals surface area contributed by atoms with Gasteiger partial charge in [-0.25, -0.2) is 0 Å². The molecule has 0 fully saturated rings. The first-order chi connectivity index (χ1) is 11.1. The van der Waals surface area contributed by atoms with Crippen LogP contribution in [0.4, 0.5) is 0 Å². The maximum atomic E-state index is 12.0. The van der Waals surface area contributed by atoms with Crippen molar-refractivity contribution in [1.29, 1.82) is 0 Å². The summed E-state index contributed by atoms with van der Waals surface area (Å²) in [6.07, 6.45) is 0.773. The van der Waals surface area contributed by atoms with E-state index in [1.165, 1.54) is 11.1 Å². The van der Waals surface area contributed by atoms with Crippen molar-refractivity contribution < 1.29 is 4.79 Å². The molecule has 0 saturated carbocycles. The van der Waals surface area contributed by atoms with Crippen LogP contribution in [0.25, 0.3) is 0 Å². The first-order valence-corrected chi connectivity index (χ1v) is 8.17. The van der Waals surface area contributed by atoms with E-state index in [4.69, 9.17) is 5.73 Å². The Morgan fingerprint density at radius 1 is 0.913 bits per heavy atom. The number of nitrogens with two attached hydrogens (primary N) is 1. The van der Waals surface area contributed by atoms with Crippen LogP contribution in [0, 0.1) is 5.92 Å². The average Bonchev–Trinajstić information content (AvgIpc) is 2.53. The molecule has 2 N–H and O–H groups in total. The monoisotopic (exact) mass is 310 g/mol. The Balaban J connectivity index is 2.23. The van der Waals surface area contributed by atoms with Crippen LogP contribution in [-0.4, -0.2) is 16.8 Å². The van der Waals surface area contributed by atoms with E-state index in [-0.39, 0.29) is 11.9 Å². The molecule has 0 aliphatic heterocycles. The van der Waals surface area contributed by atoms with Crippen LogP contribution in [0.2, 0.25) is 0 Å². The molecule has 3 heteroatoms. The van der Waals surface area contributed by atoms with E-state index < -0.39 is 0 Å². The molecule has 1 amide bonds. The number of amides is 1. The van der Waals surface area contributed by atoms with Gasteiger partial charge in [-0.2, -0.15) is 0 Å². The largest absolute Gasteiger partial charge is 0.368 e. The predicted molar refractivity (Wildman–Crippen MR) is 94.6 cm³/mol. The van der Waals surface area contributed by atoms with Crippen LogP contribution < -0.4 is 5.73 Å². The minimum absolute atomic E-state index is 0.245. The van der Waals surface area contributed by atoms with Gasteiger partial charge in [0.1, 0.15) is 0 Å². The average molecular weight is 310 g/mol. The van der Waals surface area contributed by atoms with Gasteiger partial charge in [-0.05, 0) is 23.5 Å². The van der Waals surface area contributed by atoms with Gasteiger partial charge in [0.05, 0.1) is 6.04 Å². The zero-order valence-electron chi connectivity index (χ0n) is 14.0. The number of benzene rings is 2. The molecule has 0 bridgehead atoms. The SMILES string of the molecule is CC(C)C[C@H](C(N)=O)N(Cc1ccccc1)Cc1ccccc1. The highest BCUT2D eigenvalue weighted by Crippen LogP contribution is 2.18. The van der Waals surface area contributed by atoms with Gasteiger partial charge in [-0.15, -0.1) is 0 Å². The third-order valence-electron chi connectivity index (χ3n) is 3.92. The summed E-state index contributed by atoms with van der Waals surface area (Å²) in [6.45, 7) is 5.68. The highest BCUT2D eigenvalue weighted by Gasteiger charge is 2.25. The molecular weight excluding hydrogens is 284 g/mol. The summed E-state index contributed by atoms with van der Waals surface area (Å²) in [6, 6.07) is 20.2. The number of hydrogen-bond donors (Lipinski definition) is 1. The van der Waals surface area contributed by atoms with Crippen LogP contribution >= 0.6 is 0 Å².